The monoisotopic (exact) mass is 282 g/mol. The van der Waals surface area contributed by atoms with Crippen LogP contribution >= 0.6 is 0 Å². The highest BCUT2D eigenvalue weighted by molar-refractivity contribution is 5.69. The Morgan fingerprint density at radius 1 is 0.850 bits per heavy atom. The SMILES string of the molecule is CC12CC3(O)CC(CC(=O)O)(C1)CC(CC(=O)O)(C2)C3. The molecular weight excluding hydrogens is 260 g/mol. The van der Waals surface area contributed by atoms with Gasteiger partial charge < -0.3 is 15.3 Å². The molecule has 0 heterocycles. The first-order valence-corrected chi connectivity index (χ1v) is 7.24. The molecule has 4 rings (SSSR count). The van der Waals surface area contributed by atoms with Gasteiger partial charge in [-0.3, -0.25) is 9.59 Å². The predicted molar refractivity (Wildman–Crippen MR) is 70.1 cm³/mol. The van der Waals surface area contributed by atoms with Crippen LogP contribution in [-0.2, 0) is 9.59 Å². The molecule has 0 spiro atoms. The zero-order valence-corrected chi connectivity index (χ0v) is 11.8. The third kappa shape index (κ3) is 2.12. The molecule has 20 heavy (non-hydrogen) atoms. The van der Waals surface area contributed by atoms with Gasteiger partial charge in [0.25, 0.3) is 0 Å². The lowest BCUT2D eigenvalue weighted by Crippen LogP contribution is -2.64. The molecule has 5 heteroatoms. The molecule has 0 radical (unpaired) electrons. The quantitative estimate of drug-likeness (QED) is 0.733. The van der Waals surface area contributed by atoms with E-state index in [1.54, 1.807) is 0 Å². The third-order valence-electron chi connectivity index (χ3n) is 5.57. The van der Waals surface area contributed by atoms with Gasteiger partial charge >= 0.3 is 11.9 Å². The summed E-state index contributed by atoms with van der Waals surface area (Å²) in [5.74, 6) is -1.69. The van der Waals surface area contributed by atoms with Crippen molar-refractivity contribution in [1.82, 2.24) is 0 Å². The number of aliphatic hydroxyl groups is 1. The maximum atomic E-state index is 11.2. The molecule has 0 saturated heterocycles. The van der Waals surface area contributed by atoms with E-state index >= 15 is 0 Å². The number of rotatable bonds is 4. The first-order valence-electron chi connectivity index (χ1n) is 7.24. The van der Waals surface area contributed by atoms with Crippen molar-refractivity contribution in [3.05, 3.63) is 0 Å². The Bertz CT molecular complexity index is 427. The Labute approximate surface area is 118 Å². The number of carbonyl (C=O) groups is 2. The smallest absolute Gasteiger partial charge is 0.303 e. The molecule has 3 N–H and O–H groups in total. The molecule has 4 aliphatic carbocycles. The van der Waals surface area contributed by atoms with Gasteiger partial charge in [-0.25, -0.2) is 0 Å². The summed E-state index contributed by atoms with van der Waals surface area (Å²) in [5.41, 5.74) is -1.82. The summed E-state index contributed by atoms with van der Waals surface area (Å²) < 4.78 is 0. The molecule has 5 nitrogen and oxygen atoms in total. The highest BCUT2D eigenvalue weighted by atomic mass is 16.4. The average Bonchev–Trinajstić information content (AvgIpc) is 2.03. The van der Waals surface area contributed by atoms with Crippen LogP contribution in [0.1, 0.15) is 58.3 Å². The molecular formula is C15H22O5. The fraction of sp³-hybridized carbons (Fsp3) is 0.867. The summed E-state index contributed by atoms with van der Waals surface area (Å²) >= 11 is 0. The van der Waals surface area contributed by atoms with Gasteiger partial charge in [0.15, 0.2) is 0 Å². The van der Waals surface area contributed by atoms with Crippen LogP contribution in [0.5, 0.6) is 0 Å². The molecule has 4 bridgehead atoms. The zero-order chi connectivity index (χ0) is 14.8. The first kappa shape index (κ1) is 13.9. The van der Waals surface area contributed by atoms with E-state index in [9.17, 15) is 24.9 Å². The molecule has 0 amide bonds. The molecule has 2 atom stereocenters. The minimum atomic E-state index is -0.867. The van der Waals surface area contributed by atoms with Crippen molar-refractivity contribution < 1.29 is 24.9 Å². The van der Waals surface area contributed by atoms with Crippen LogP contribution in [-0.4, -0.2) is 32.9 Å². The maximum Gasteiger partial charge on any atom is 0.303 e. The van der Waals surface area contributed by atoms with E-state index in [-0.39, 0.29) is 18.3 Å². The van der Waals surface area contributed by atoms with E-state index < -0.39 is 28.4 Å². The van der Waals surface area contributed by atoms with Crippen LogP contribution in [0.25, 0.3) is 0 Å². The molecule has 0 aromatic heterocycles. The van der Waals surface area contributed by atoms with Crippen molar-refractivity contribution in [2.24, 2.45) is 16.2 Å². The lowest BCUT2D eigenvalue weighted by molar-refractivity contribution is -0.234. The number of carboxylic acid groups (broad SMARTS) is 2. The van der Waals surface area contributed by atoms with Crippen molar-refractivity contribution in [2.45, 2.75) is 63.9 Å². The minimum Gasteiger partial charge on any atom is -0.481 e. The third-order valence-corrected chi connectivity index (χ3v) is 5.57. The fourth-order valence-corrected chi connectivity index (χ4v) is 6.56. The predicted octanol–water partition coefficient (Wildman–Crippen LogP) is 2.03. The molecule has 0 aromatic carbocycles. The second-order valence-electron chi connectivity index (χ2n) is 8.24. The normalized spacial score (nSPS) is 49.3. The Hall–Kier alpha value is -1.10. The van der Waals surface area contributed by atoms with Gasteiger partial charge in [-0.15, -0.1) is 0 Å². The molecule has 0 aliphatic heterocycles. The summed E-state index contributed by atoms with van der Waals surface area (Å²) in [6.07, 6.45) is 4.05. The van der Waals surface area contributed by atoms with E-state index in [0.717, 1.165) is 12.8 Å². The number of hydrogen-bond donors (Lipinski definition) is 3. The second-order valence-corrected chi connectivity index (χ2v) is 8.24. The fourth-order valence-electron chi connectivity index (χ4n) is 6.56. The maximum absolute atomic E-state index is 11.2. The Kier molecular flexibility index (Phi) is 2.60. The van der Waals surface area contributed by atoms with Gasteiger partial charge in [0.05, 0.1) is 18.4 Å². The standard InChI is InChI=1S/C15H22O5/c1-12-4-13(2-10(16)17)7-14(5-12,3-11(18)19)9-15(20,6-12)8-13/h20H,2-9H2,1H3,(H,16,17)(H,18,19). The number of carboxylic acids is 2. The van der Waals surface area contributed by atoms with Gasteiger partial charge in [-0.1, -0.05) is 6.92 Å². The number of hydrogen-bond acceptors (Lipinski definition) is 3. The van der Waals surface area contributed by atoms with Gasteiger partial charge in [0, 0.05) is 0 Å². The summed E-state index contributed by atoms with van der Waals surface area (Å²) in [7, 11) is 0. The minimum absolute atomic E-state index is 0.0479. The van der Waals surface area contributed by atoms with Gasteiger partial charge in [-0.05, 0) is 54.8 Å². The van der Waals surface area contributed by atoms with Crippen molar-refractivity contribution in [3.63, 3.8) is 0 Å². The highest BCUT2D eigenvalue weighted by Crippen LogP contribution is 2.72. The van der Waals surface area contributed by atoms with E-state index in [1.165, 1.54) is 0 Å². The molecule has 4 aliphatic rings. The lowest BCUT2D eigenvalue weighted by atomic mass is 9.37. The van der Waals surface area contributed by atoms with Crippen LogP contribution in [0.4, 0.5) is 0 Å². The molecule has 112 valence electrons. The largest absolute Gasteiger partial charge is 0.481 e. The van der Waals surface area contributed by atoms with Crippen LogP contribution < -0.4 is 0 Å². The second kappa shape index (κ2) is 3.75. The zero-order valence-electron chi connectivity index (χ0n) is 11.8. The number of aliphatic carboxylic acids is 2. The van der Waals surface area contributed by atoms with Gasteiger partial charge in [-0.2, -0.15) is 0 Å². The van der Waals surface area contributed by atoms with Crippen molar-refractivity contribution >= 4 is 11.9 Å². The van der Waals surface area contributed by atoms with Crippen LogP contribution in [0, 0.1) is 16.2 Å². The van der Waals surface area contributed by atoms with Crippen LogP contribution in [0.2, 0.25) is 0 Å². The van der Waals surface area contributed by atoms with E-state index in [2.05, 4.69) is 6.92 Å². The highest BCUT2D eigenvalue weighted by Gasteiger charge is 2.67. The summed E-state index contributed by atoms with van der Waals surface area (Å²) in [4.78, 5) is 22.4. The summed E-state index contributed by atoms with van der Waals surface area (Å²) in [6, 6.07) is 0. The Balaban J connectivity index is 2.00. The van der Waals surface area contributed by atoms with Crippen LogP contribution in [0.3, 0.4) is 0 Å². The molecule has 2 unspecified atom stereocenters. The van der Waals surface area contributed by atoms with Gasteiger partial charge in [0.1, 0.15) is 0 Å². The van der Waals surface area contributed by atoms with E-state index in [1.807, 2.05) is 0 Å². The Morgan fingerprint density at radius 3 is 1.65 bits per heavy atom. The van der Waals surface area contributed by atoms with Gasteiger partial charge in [0.2, 0.25) is 0 Å². The van der Waals surface area contributed by atoms with E-state index in [4.69, 9.17) is 0 Å². The molecule has 4 fully saturated rings. The van der Waals surface area contributed by atoms with E-state index in [0.29, 0.717) is 25.7 Å². The summed E-state index contributed by atoms with van der Waals surface area (Å²) in [6.45, 7) is 2.09. The van der Waals surface area contributed by atoms with Crippen molar-refractivity contribution in [2.75, 3.05) is 0 Å². The summed E-state index contributed by atoms with van der Waals surface area (Å²) in [5, 5.41) is 29.3. The average molecular weight is 282 g/mol. The van der Waals surface area contributed by atoms with Crippen LogP contribution in [0.15, 0.2) is 0 Å². The van der Waals surface area contributed by atoms with Crippen molar-refractivity contribution in [1.29, 1.82) is 0 Å². The topological polar surface area (TPSA) is 94.8 Å². The Morgan fingerprint density at radius 2 is 1.30 bits per heavy atom. The van der Waals surface area contributed by atoms with Crippen molar-refractivity contribution in [3.8, 4) is 0 Å². The first-order chi connectivity index (χ1) is 9.08. The lowest BCUT2D eigenvalue weighted by Gasteiger charge is -2.68. The molecule has 4 saturated carbocycles. The molecule has 0 aromatic rings.